The van der Waals surface area contributed by atoms with Crippen molar-refractivity contribution in [1.29, 1.82) is 0 Å². The number of rotatable bonds is 3. The molecule has 88 valence electrons. The molecule has 2 rings (SSSR count). The van der Waals surface area contributed by atoms with Gasteiger partial charge in [0.15, 0.2) is 5.69 Å². The third kappa shape index (κ3) is 2.24. The number of carboxylic acids is 1. The van der Waals surface area contributed by atoms with Crippen LogP contribution in [0.3, 0.4) is 0 Å². The van der Waals surface area contributed by atoms with Crippen LogP contribution in [0.15, 0.2) is 12.3 Å². The first kappa shape index (κ1) is 11.1. The molecule has 1 aliphatic rings. The van der Waals surface area contributed by atoms with E-state index in [1.807, 2.05) is 0 Å². The number of methoxy groups -OCH3 is 1. The van der Waals surface area contributed by atoms with Crippen LogP contribution in [0.2, 0.25) is 0 Å². The van der Waals surface area contributed by atoms with Crippen LogP contribution < -0.4 is 0 Å². The van der Waals surface area contributed by atoms with Gasteiger partial charge in [0.25, 0.3) is 0 Å². The first-order valence-corrected chi connectivity index (χ1v) is 5.52. The number of aromatic nitrogens is 2. The molecule has 5 nitrogen and oxygen atoms in total. The fourth-order valence-electron chi connectivity index (χ4n) is 2.23. The number of carboxylic acid groups (broad SMARTS) is 1. The Balaban J connectivity index is 2.08. The number of hydrogen-bond acceptors (Lipinski definition) is 3. The molecule has 1 aromatic heterocycles. The maximum absolute atomic E-state index is 10.7. The lowest BCUT2D eigenvalue weighted by molar-refractivity contribution is 0.0505. The van der Waals surface area contributed by atoms with Crippen molar-refractivity contribution in [3.8, 4) is 0 Å². The quantitative estimate of drug-likeness (QED) is 0.848. The molecule has 0 radical (unpaired) electrons. The minimum Gasteiger partial charge on any atom is -0.476 e. The van der Waals surface area contributed by atoms with Crippen molar-refractivity contribution in [3.05, 3.63) is 18.0 Å². The zero-order valence-electron chi connectivity index (χ0n) is 9.30. The molecule has 2 atom stereocenters. The molecule has 1 N–H and O–H groups in total. The van der Waals surface area contributed by atoms with E-state index in [2.05, 4.69) is 5.10 Å². The van der Waals surface area contributed by atoms with Crippen LogP contribution in [0.1, 0.15) is 42.2 Å². The van der Waals surface area contributed by atoms with Gasteiger partial charge >= 0.3 is 5.97 Å². The van der Waals surface area contributed by atoms with Crippen molar-refractivity contribution in [2.45, 2.75) is 37.8 Å². The molecule has 0 aromatic carbocycles. The molecular formula is C11H16N2O3. The van der Waals surface area contributed by atoms with Crippen LogP contribution in [0.5, 0.6) is 0 Å². The molecule has 1 aromatic rings. The van der Waals surface area contributed by atoms with Crippen LogP contribution >= 0.6 is 0 Å². The normalized spacial score (nSPS) is 25.6. The molecule has 1 fully saturated rings. The number of ether oxygens (including phenoxy) is 1. The topological polar surface area (TPSA) is 64.3 Å². The number of nitrogens with zero attached hydrogens (tertiary/aromatic N) is 2. The highest BCUT2D eigenvalue weighted by atomic mass is 16.5. The summed E-state index contributed by atoms with van der Waals surface area (Å²) >= 11 is 0. The second-order valence-corrected chi connectivity index (χ2v) is 4.16. The van der Waals surface area contributed by atoms with Crippen molar-refractivity contribution in [3.63, 3.8) is 0 Å². The average Bonchev–Trinajstić information content (AvgIpc) is 2.78. The van der Waals surface area contributed by atoms with Gasteiger partial charge in [0.1, 0.15) is 0 Å². The second-order valence-electron chi connectivity index (χ2n) is 4.16. The summed E-state index contributed by atoms with van der Waals surface area (Å²) in [5.74, 6) is -0.974. The lowest BCUT2D eigenvalue weighted by atomic mass is 9.93. The molecule has 1 saturated carbocycles. The summed E-state index contributed by atoms with van der Waals surface area (Å²) in [6.07, 6.45) is 6.16. The van der Waals surface area contributed by atoms with Gasteiger partial charge < -0.3 is 9.84 Å². The van der Waals surface area contributed by atoms with Crippen molar-refractivity contribution in [1.82, 2.24) is 9.78 Å². The SMILES string of the molecule is COC1CCCC(n2ccc(C(=O)O)n2)C1. The second kappa shape index (κ2) is 4.65. The van der Waals surface area contributed by atoms with E-state index < -0.39 is 5.97 Å². The van der Waals surface area contributed by atoms with Crippen LogP contribution in [-0.2, 0) is 4.74 Å². The zero-order chi connectivity index (χ0) is 11.5. The Morgan fingerprint density at radius 3 is 3.06 bits per heavy atom. The third-order valence-electron chi connectivity index (χ3n) is 3.13. The highest BCUT2D eigenvalue weighted by molar-refractivity contribution is 5.85. The zero-order valence-corrected chi connectivity index (χ0v) is 9.30. The Kier molecular flexibility index (Phi) is 3.24. The van der Waals surface area contributed by atoms with Gasteiger partial charge in [-0.05, 0) is 31.7 Å². The van der Waals surface area contributed by atoms with E-state index in [1.165, 1.54) is 0 Å². The maximum Gasteiger partial charge on any atom is 0.356 e. The summed E-state index contributed by atoms with van der Waals surface area (Å²) in [5.41, 5.74) is 0.111. The van der Waals surface area contributed by atoms with Crippen molar-refractivity contribution >= 4 is 5.97 Å². The average molecular weight is 224 g/mol. The Hall–Kier alpha value is -1.36. The number of carbonyl (C=O) groups is 1. The summed E-state index contributed by atoms with van der Waals surface area (Å²) in [5, 5.41) is 12.9. The molecule has 0 saturated heterocycles. The van der Waals surface area contributed by atoms with E-state index in [-0.39, 0.29) is 17.8 Å². The van der Waals surface area contributed by atoms with Gasteiger partial charge in [-0.1, -0.05) is 0 Å². The summed E-state index contributed by atoms with van der Waals surface area (Å²) in [6.45, 7) is 0. The van der Waals surface area contributed by atoms with Crippen LogP contribution in [-0.4, -0.2) is 34.1 Å². The smallest absolute Gasteiger partial charge is 0.356 e. The molecule has 2 unspecified atom stereocenters. The van der Waals surface area contributed by atoms with E-state index in [4.69, 9.17) is 9.84 Å². The maximum atomic E-state index is 10.7. The van der Waals surface area contributed by atoms with Crippen molar-refractivity contribution in [2.75, 3.05) is 7.11 Å². The molecule has 1 heterocycles. The van der Waals surface area contributed by atoms with Crippen LogP contribution in [0.4, 0.5) is 0 Å². The predicted molar refractivity (Wildman–Crippen MR) is 57.5 cm³/mol. The summed E-state index contributed by atoms with van der Waals surface area (Å²) < 4.78 is 7.10. The molecule has 5 heteroatoms. The van der Waals surface area contributed by atoms with Crippen molar-refractivity contribution < 1.29 is 14.6 Å². The lowest BCUT2D eigenvalue weighted by Gasteiger charge is -2.28. The van der Waals surface area contributed by atoms with Crippen LogP contribution in [0, 0.1) is 0 Å². The lowest BCUT2D eigenvalue weighted by Crippen LogP contribution is -2.24. The molecule has 0 spiro atoms. The molecule has 0 aliphatic heterocycles. The predicted octanol–water partition coefficient (Wildman–Crippen LogP) is 1.71. The Morgan fingerprint density at radius 2 is 2.44 bits per heavy atom. The molecule has 0 amide bonds. The summed E-state index contributed by atoms with van der Waals surface area (Å²) in [6, 6.07) is 1.81. The van der Waals surface area contributed by atoms with E-state index in [0.717, 1.165) is 25.7 Å². The van der Waals surface area contributed by atoms with Gasteiger partial charge in [0, 0.05) is 13.3 Å². The standard InChI is InChI=1S/C11H16N2O3/c1-16-9-4-2-3-8(7-9)13-6-5-10(12-13)11(14)15/h5-6,8-9H,2-4,7H2,1H3,(H,14,15). The third-order valence-corrected chi connectivity index (χ3v) is 3.13. The molecule has 0 bridgehead atoms. The fourth-order valence-corrected chi connectivity index (χ4v) is 2.23. The Bertz CT molecular complexity index is 375. The summed E-state index contributed by atoms with van der Waals surface area (Å²) in [7, 11) is 1.72. The number of aromatic carboxylic acids is 1. The van der Waals surface area contributed by atoms with Gasteiger partial charge in [0.2, 0.25) is 0 Å². The van der Waals surface area contributed by atoms with Gasteiger partial charge in [0.05, 0.1) is 12.1 Å². The summed E-state index contributed by atoms with van der Waals surface area (Å²) in [4.78, 5) is 10.7. The van der Waals surface area contributed by atoms with Gasteiger partial charge in [-0.15, -0.1) is 0 Å². The van der Waals surface area contributed by atoms with Gasteiger partial charge in [-0.25, -0.2) is 4.79 Å². The minimum absolute atomic E-state index is 0.111. The molecular weight excluding hydrogens is 208 g/mol. The van der Waals surface area contributed by atoms with Crippen LogP contribution in [0.25, 0.3) is 0 Å². The minimum atomic E-state index is -0.974. The van der Waals surface area contributed by atoms with Gasteiger partial charge in [-0.2, -0.15) is 5.10 Å². The molecule has 1 aliphatic carbocycles. The van der Waals surface area contributed by atoms with E-state index >= 15 is 0 Å². The highest BCUT2D eigenvalue weighted by Gasteiger charge is 2.24. The number of hydrogen-bond donors (Lipinski definition) is 1. The van der Waals surface area contributed by atoms with E-state index in [1.54, 1.807) is 24.1 Å². The van der Waals surface area contributed by atoms with E-state index in [9.17, 15) is 4.79 Å². The highest BCUT2D eigenvalue weighted by Crippen LogP contribution is 2.29. The van der Waals surface area contributed by atoms with Crippen molar-refractivity contribution in [2.24, 2.45) is 0 Å². The van der Waals surface area contributed by atoms with Gasteiger partial charge in [-0.3, -0.25) is 4.68 Å². The Morgan fingerprint density at radius 1 is 1.62 bits per heavy atom. The first-order valence-electron chi connectivity index (χ1n) is 5.52. The monoisotopic (exact) mass is 224 g/mol. The Labute approximate surface area is 94.0 Å². The first-order chi connectivity index (χ1) is 7.70. The largest absolute Gasteiger partial charge is 0.476 e. The molecule has 16 heavy (non-hydrogen) atoms. The van der Waals surface area contributed by atoms with E-state index in [0.29, 0.717) is 0 Å². The fraction of sp³-hybridized carbons (Fsp3) is 0.636.